The Morgan fingerprint density at radius 3 is 2.74 bits per heavy atom. The Morgan fingerprint density at radius 2 is 2.07 bits per heavy atom. The molecule has 0 aliphatic carbocycles. The molecule has 0 radical (unpaired) electrons. The molecule has 2 aromatic heterocycles. The second-order valence-electron chi connectivity index (χ2n) is 7.24. The molecule has 1 aromatic carbocycles. The third-order valence-electron chi connectivity index (χ3n) is 5.28. The van der Waals surface area contributed by atoms with Gasteiger partial charge in [-0.25, -0.2) is 9.97 Å². The van der Waals surface area contributed by atoms with E-state index in [0.29, 0.717) is 12.1 Å². The molecular formula is C21H24N4O2. The Balaban J connectivity index is 1.51. The Morgan fingerprint density at radius 1 is 1.30 bits per heavy atom. The van der Waals surface area contributed by atoms with Crippen LogP contribution in [0.3, 0.4) is 0 Å². The number of carbonyl (C=O) groups is 1. The van der Waals surface area contributed by atoms with Crippen molar-refractivity contribution in [1.29, 1.82) is 0 Å². The van der Waals surface area contributed by atoms with Crippen molar-refractivity contribution in [2.45, 2.75) is 39.3 Å². The number of nitrogens with one attached hydrogen (secondary N) is 1. The highest BCUT2D eigenvalue weighted by atomic mass is 16.3. The number of hydrogen-bond donors (Lipinski definition) is 1. The lowest BCUT2D eigenvalue weighted by Gasteiger charge is -2.16. The maximum atomic E-state index is 12.8. The first-order valence-corrected chi connectivity index (χ1v) is 9.33. The molecule has 6 heteroatoms. The van der Waals surface area contributed by atoms with Gasteiger partial charge in [-0.2, -0.15) is 0 Å². The van der Waals surface area contributed by atoms with Gasteiger partial charge < -0.3 is 14.6 Å². The molecule has 1 unspecified atom stereocenters. The van der Waals surface area contributed by atoms with Crippen molar-refractivity contribution in [3.63, 3.8) is 0 Å². The van der Waals surface area contributed by atoms with Crippen LogP contribution >= 0.6 is 0 Å². The van der Waals surface area contributed by atoms with Crippen LogP contribution in [0.4, 0.5) is 0 Å². The van der Waals surface area contributed by atoms with E-state index in [4.69, 9.17) is 4.42 Å². The van der Waals surface area contributed by atoms with E-state index < -0.39 is 0 Å². The summed E-state index contributed by atoms with van der Waals surface area (Å²) in [7, 11) is 1.77. The van der Waals surface area contributed by atoms with E-state index in [9.17, 15) is 4.79 Å². The number of nitrogens with zero attached hydrogens (tertiary/aromatic N) is 3. The number of aromatic nitrogens is 2. The number of carbonyl (C=O) groups excluding carboxylic acids is 1. The minimum atomic E-state index is -0.113. The predicted octanol–water partition coefficient (Wildman–Crippen LogP) is 3.54. The number of fused-ring (bicyclic) bond motifs is 1. The van der Waals surface area contributed by atoms with Crippen molar-refractivity contribution >= 4 is 16.9 Å². The number of aryl methyl sites for hydroxylation is 2. The summed E-state index contributed by atoms with van der Waals surface area (Å²) < 4.78 is 6.04. The quantitative estimate of drug-likeness (QED) is 0.767. The molecule has 1 amide bonds. The van der Waals surface area contributed by atoms with Crippen molar-refractivity contribution in [1.82, 2.24) is 20.2 Å². The highest BCUT2D eigenvalue weighted by molar-refractivity contribution is 5.93. The van der Waals surface area contributed by atoms with Crippen LogP contribution in [0.1, 0.15) is 52.0 Å². The first kappa shape index (κ1) is 17.7. The number of rotatable bonds is 4. The van der Waals surface area contributed by atoms with Gasteiger partial charge in [-0.3, -0.25) is 4.79 Å². The zero-order valence-electron chi connectivity index (χ0n) is 16.0. The summed E-state index contributed by atoms with van der Waals surface area (Å²) in [6, 6.07) is 6.31. The monoisotopic (exact) mass is 364 g/mol. The molecule has 1 aliphatic heterocycles. The summed E-state index contributed by atoms with van der Waals surface area (Å²) in [5.41, 5.74) is 3.55. The molecule has 1 N–H and O–H groups in total. The molecular weight excluding hydrogens is 340 g/mol. The summed E-state index contributed by atoms with van der Waals surface area (Å²) in [5, 5.41) is 4.47. The first-order valence-electron chi connectivity index (χ1n) is 9.33. The summed E-state index contributed by atoms with van der Waals surface area (Å²) in [6.45, 7) is 5.46. The predicted molar refractivity (Wildman–Crippen MR) is 103 cm³/mol. The fourth-order valence-electron chi connectivity index (χ4n) is 3.62. The molecule has 3 aromatic rings. The van der Waals surface area contributed by atoms with Gasteiger partial charge in [-0.05, 0) is 38.8 Å². The van der Waals surface area contributed by atoms with E-state index in [-0.39, 0.29) is 11.9 Å². The molecule has 1 atom stereocenters. The first-order chi connectivity index (χ1) is 13.0. The lowest BCUT2D eigenvalue weighted by atomic mass is 10.1. The lowest BCUT2D eigenvalue weighted by Crippen LogP contribution is -2.27. The Labute approximate surface area is 158 Å². The number of benzene rings is 1. The van der Waals surface area contributed by atoms with Gasteiger partial charge in [-0.1, -0.05) is 18.2 Å². The molecule has 3 heterocycles. The van der Waals surface area contributed by atoms with Crippen molar-refractivity contribution in [3.05, 3.63) is 58.9 Å². The Hall–Kier alpha value is -2.73. The van der Waals surface area contributed by atoms with Gasteiger partial charge in [0, 0.05) is 30.4 Å². The third kappa shape index (κ3) is 3.32. The summed E-state index contributed by atoms with van der Waals surface area (Å²) in [6.07, 6.45) is 5.42. The van der Waals surface area contributed by atoms with Crippen LogP contribution in [0.25, 0.3) is 11.0 Å². The molecule has 0 spiro atoms. The second-order valence-corrected chi connectivity index (χ2v) is 7.24. The van der Waals surface area contributed by atoms with Crippen molar-refractivity contribution in [3.8, 4) is 0 Å². The van der Waals surface area contributed by atoms with Crippen LogP contribution < -0.4 is 5.32 Å². The Bertz CT molecular complexity index is 972. The van der Waals surface area contributed by atoms with Crippen molar-refractivity contribution in [2.75, 3.05) is 13.6 Å². The summed E-state index contributed by atoms with van der Waals surface area (Å²) in [4.78, 5) is 23.2. The number of furan rings is 1. The van der Waals surface area contributed by atoms with Gasteiger partial charge in [0.05, 0.1) is 18.2 Å². The molecule has 6 nitrogen and oxygen atoms in total. The highest BCUT2D eigenvalue weighted by Crippen LogP contribution is 2.28. The maximum Gasteiger partial charge on any atom is 0.257 e. The average Bonchev–Trinajstić information content (AvgIpc) is 3.32. The molecule has 4 rings (SSSR count). The van der Waals surface area contributed by atoms with Crippen LogP contribution in [0.2, 0.25) is 0 Å². The highest BCUT2D eigenvalue weighted by Gasteiger charge is 2.21. The fourth-order valence-corrected chi connectivity index (χ4v) is 3.62. The SMILES string of the molecule is Cc1c(CN(C)C(=O)c2cnc(C3CCCN3)nc2)oc2c(C)cccc12. The lowest BCUT2D eigenvalue weighted by molar-refractivity contribution is 0.0775. The van der Waals surface area contributed by atoms with Gasteiger partial charge in [0.1, 0.15) is 17.2 Å². The van der Waals surface area contributed by atoms with E-state index in [1.54, 1.807) is 24.3 Å². The number of hydrogen-bond acceptors (Lipinski definition) is 5. The summed E-state index contributed by atoms with van der Waals surface area (Å²) >= 11 is 0. The van der Waals surface area contributed by atoms with Crippen LogP contribution in [-0.2, 0) is 6.54 Å². The zero-order chi connectivity index (χ0) is 19.0. The standard InChI is InChI=1S/C21H24N4O2/c1-13-6-4-7-16-14(2)18(27-19(13)16)12-25(3)21(26)15-10-23-20(24-11-15)17-8-5-9-22-17/h4,6-7,10-11,17,22H,5,8-9,12H2,1-3H3. The topological polar surface area (TPSA) is 71.3 Å². The van der Waals surface area contributed by atoms with Gasteiger partial charge >= 0.3 is 0 Å². The molecule has 1 fully saturated rings. The smallest absolute Gasteiger partial charge is 0.257 e. The van der Waals surface area contributed by atoms with Crippen molar-refractivity contribution < 1.29 is 9.21 Å². The normalized spacial score (nSPS) is 16.8. The van der Waals surface area contributed by atoms with E-state index in [0.717, 1.165) is 53.1 Å². The van der Waals surface area contributed by atoms with Crippen LogP contribution in [-0.4, -0.2) is 34.4 Å². The summed E-state index contributed by atoms with van der Waals surface area (Å²) in [5.74, 6) is 1.45. The Kier molecular flexibility index (Phi) is 4.66. The second kappa shape index (κ2) is 7.12. The minimum Gasteiger partial charge on any atom is -0.459 e. The number of amides is 1. The van der Waals surface area contributed by atoms with Crippen LogP contribution in [0.15, 0.2) is 35.0 Å². The maximum absolute atomic E-state index is 12.8. The van der Waals surface area contributed by atoms with Gasteiger partial charge in [0.25, 0.3) is 5.91 Å². The van der Waals surface area contributed by atoms with E-state index in [1.807, 2.05) is 26.0 Å². The van der Waals surface area contributed by atoms with Crippen LogP contribution in [0.5, 0.6) is 0 Å². The average molecular weight is 364 g/mol. The molecule has 140 valence electrons. The zero-order valence-corrected chi connectivity index (χ0v) is 16.0. The van der Waals surface area contributed by atoms with E-state index >= 15 is 0 Å². The van der Waals surface area contributed by atoms with E-state index in [1.165, 1.54) is 0 Å². The van der Waals surface area contributed by atoms with Gasteiger partial charge in [0.15, 0.2) is 0 Å². The molecule has 0 saturated carbocycles. The third-order valence-corrected chi connectivity index (χ3v) is 5.28. The fraction of sp³-hybridized carbons (Fsp3) is 0.381. The van der Waals surface area contributed by atoms with Gasteiger partial charge in [-0.15, -0.1) is 0 Å². The van der Waals surface area contributed by atoms with Gasteiger partial charge in [0.2, 0.25) is 0 Å². The molecule has 1 aliphatic rings. The van der Waals surface area contributed by atoms with E-state index in [2.05, 4.69) is 21.4 Å². The molecule has 1 saturated heterocycles. The minimum absolute atomic E-state index is 0.113. The number of para-hydroxylation sites is 1. The largest absolute Gasteiger partial charge is 0.459 e. The van der Waals surface area contributed by atoms with Crippen molar-refractivity contribution in [2.24, 2.45) is 0 Å². The molecule has 27 heavy (non-hydrogen) atoms. The molecule has 0 bridgehead atoms. The van der Waals surface area contributed by atoms with Crippen LogP contribution in [0, 0.1) is 13.8 Å².